The van der Waals surface area contributed by atoms with Gasteiger partial charge in [0.05, 0.1) is 6.04 Å². The molecular formula is C15H18F2N4OS. The van der Waals surface area contributed by atoms with Crippen molar-refractivity contribution in [2.24, 2.45) is 0 Å². The molecule has 0 aliphatic carbocycles. The molecule has 0 saturated carbocycles. The number of ether oxygens (including phenoxy) is 1. The van der Waals surface area contributed by atoms with Gasteiger partial charge in [-0.2, -0.15) is 0 Å². The predicted molar refractivity (Wildman–Crippen MR) is 82.2 cm³/mol. The van der Waals surface area contributed by atoms with Crippen LogP contribution in [-0.4, -0.2) is 33.4 Å². The van der Waals surface area contributed by atoms with E-state index in [2.05, 4.69) is 15.5 Å². The fourth-order valence-corrected chi connectivity index (χ4v) is 3.80. The van der Waals surface area contributed by atoms with Gasteiger partial charge in [-0.25, -0.2) is 13.5 Å². The van der Waals surface area contributed by atoms with E-state index < -0.39 is 11.6 Å². The number of rotatable bonds is 5. The second kappa shape index (κ2) is 7.35. The summed E-state index contributed by atoms with van der Waals surface area (Å²) in [6.07, 6.45) is 2.41. The van der Waals surface area contributed by atoms with Gasteiger partial charge in [0.2, 0.25) is 5.16 Å². The van der Waals surface area contributed by atoms with Crippen molar-refractivity contribution in [3.63, 3.8) is 0 Å². The van der Waals surface area contributed by atoms with Crippen molar-refractivity contribution in [1.82, 2.24) is 20.2 Å². The zero-order chi connectivity index (χ0) is 16.2. The fraction of sp³-hybridized carbons (Fsp3) is 0.533. The summed E-state index contributed by atoms with van der Waals surface area (Å²) >= 11 is 1.41. The molecule has 0 amide bonds. The molecule has 5 nitrogen and oxygen atoms in total. The van der Waals surface area contributed by atoms with E-state index >= 15 is 0 Å². The Labute approximate surface area is 137 Å². The summed E-state index contributed by atoms with van der Waals surface area (Å²) in [5.74, 6) is -1.10. The lowest BCUT2D eigenvalue weighted by Gasteiger charge is -2.23. The number of hydrogen-bond acceptors (Lipinski definition) is 5. The standard InChI is InChI=1S/C15H18F2N4OS/c1-2-14(12-4-3-10(16)9-13(12)17)23-15-18-19-20-21(15)11-5-7-22-8-6-11/h3-4,9,11,14H,2,5-8H2,1H3/t14-/m1/s1. The molecular weight excluding hydrogens is 322 g/mol. The van der Waals surface area contributed by atoms with Crippen LogP contribution in [0.1, 0.15) is 43.0 Å². The summed E-state index contributed by atoms with van der Waals surface area (Å²) in [5, 5.41) is 12.4. The zero-order valence-electron chi connectivity index (χ0n) is 12.8. The van der Waals surface area contributed by atoms with E-state index in [1.54, 1.807) is 4.68 Å². The van der Waals surface area contributed by atoms with Crippen LogP contribution in [0.2, 0.25) is 0 Å². The van der Waals surface area contributed by atoms with Gasteiger partial charge < -0.3 is 4.74 Å². The SMILES string of the molecule is CC[C@@H](Sc1nnnn1C1CCOCC1)c1ccc(F)cc1F. The lowest BCUT2D eigenvalue weighted by atomic mass is 10.1. The van der Waals surface area contributed by atoms with Gasteiger partial charge in [0.25, 0.3) is 0 Å². The van der Waals surface area contributed by atoms with Crippen molar-refractivity contribution in [2.75, 3.05) is 13.2 Å². The maximum absolute atomic E-state index is 14.0. The van der Waals surface area contributed by atoms with Crippen LogP contribution in [0.4, 0.5) is 8.78 Å². The maximum Gasteiger partial charge on any atom is 0.210 e. The molecule has 1 aliphatic rings. The Hall–Kier alpha value is -1.54. The number of tetrazole rings is 1. The third-order valence-electron chi connectivity index (χ3n) is 3.93. The summed E-state index contributed by atoms with van der Waals surface area (Å²) in [6, 6.07) is 3.90. The van der Waals surface area contributed by atoms with Crippen LogP contribution in [0, 0.1) is 11.6 Å². The van der Waals surface area contributed by atoms with E-state index in [4.69, 9.17) is 4.74 Å². The van der Waals surface area contributed by atoms with Crippen LogP contribution in [-0.2, 0) is 4.74 Å². The average Bonchev–Trinajstić information content (AvgIpc) is 3.02. The lowest BCUT2D eigenvalue weighted by Crippen LogP contribution is -2.21. The minimum absolute atomic E-state index is 0.166. The molecule has 0 bridgehead atoms. The minimum atomic E-state index is -0.571. The summed E-state index contributed by atoms with van der Waals surface area (Å²) in [7, 11) is 0. The number of halogens is 2. The Bertz CT molecular complexity index is 661. The van der Waals surface area contributed by atoms with E-state index in [1.807, 2.05) is 6.92 Å². The molecule has 3 rings (SSSR count). The lowest BCUT2D eigenvalue weighted by molar-refractivity contribution is 0.0631. The van der Waals surface area contributed by atoms with Gasteiger partial charge in [-0.3, -0.25) is 0 Å². The smallest absolute Gasteiger partial charge is 0.210 e. The first-order valence-corrected chi connectivity index (χ1v) is 8.54. The molecule has 1 saturated heterocycles. The highest BCUT2D eigenvalue weighted by molar-refractivity contribution is 7.99. The molecule has 0 radical (unpaired) electrons. The predicted octanol–water partition coefficient (Wildman–Crippen LogP) is 3.55. The molecule has 124 valence electrons. The average molecular weight is 340 g/mol. The second-order valence-electron chi connectivity index (χ2n) is 5.43. The fourth-order valence-electron chi connectivity index (χ4n) is 2.68. The summed E-state index contributed by atoms with van der Waals surface area (Å²) in [4.78, 5) is 0. The van der Waals surface area contributed by atoms with Crippen molar-refractivity contribution in [2.45, 2.75) is 42.6 Å². The monoisotopic (exact) mass is 340 g/mol. The molecule has 1 aliphatic heterocycles. The van der Waals surface area contributed by atoms with Crippen LogP contribution < -0.4 is 0 Å². The maximum atomic E-state index is 14.0. The third-order valence-corrected chi connectivity index (χ3v) is 5.28. The Kier molecular flexibility index (Phi) is 5.22. The van der Waals surface area contributed by atoms with E-state index in [0.717, 1.165) is 18.9 Å². The molecule has 1 fully saturated rings. The zero-order valence-corrected chi connectivity index (χ0v) is 13.6. The van der Waals surface area contributed by atoms with E-state index in [0.29, 0.717) is 30.4 Å². The molecule has 0 N–H and O–H groups in total. The number of hydrogen-bond donors (Lipinski definition) is 0. The number of thioether (sulfide) groups is 1. The molecule has 2 aromatic rings. The number of aromatic nitrogens is 4. The third kappa shape index (κ3) is 3.69. The molecule has 8 heteroatoms. The largest absolute Gasteiger partial charge is 0.381 e. The topological polar surface area (TPSA) is 52.8 Å². The van der Waals surface area contributed by atoms with Crippen molar-refractivity contribution < 1.29 is 13.5 Å². The molecule has 0 unspecified atom stereocenters. The van der Waals surface area contributed by atoms with E-state index in [1.165, 1.54) is 23.9 Å². The molecule has 1 aromatic heterocycles. The first kappa shape index (κ1) is 16.3. The number of benzene rings is 1. The first-order chi connectivity index (χ1) is 11.2. The van der Waals surface area contributed by atoms with E-state index in [9.17, 15) is 8.78 Å². The normalized spacial score (nSPS) is 17.3. The van der Waals surface area contributed by atoms with Crippen molar-refractivity contribution in [1.29, 1.82) is 0 Å². The van der Waals surface area contributed by atoms with Crippen molar-refractivity contribution in [3.05, 3.63) is 35.4 Å². The van der Waals surface area contributed by atoms with Crippen LogP contribution in [0.5, 0.6) is 0 Å². The Morgan fingerprint density at radius 3 is 2.83 bits per heavy atom. The first-order valence-electron chi connectivity index (χ1n) is 7.66. The minimum Gasteiger partial charge on any atom is -0.381 e. The summed E-state index contributed by atoms with van der Waals surface area (Å²) < 4.78 is 34.3. The molecule has 1 aromatic carbocycles. The van der Waals surface area contributed by atoms with Gasteiger partial charge in [-0.15, -0.1) is 5.10 Å². The van der Waals surface area contributed by atoms with Crippen LogP contribution in [0.3, 0.4) is 0 Å². The van der Waals surface area contributed by atoms with Gasteiger partial charge in [-0.1, -0.05) is 24.8 Å². The van der Waals surface area contributed by atoms with Gasteiger partial charge in [0, 0.05) is 30.1 Å². The highest BCUT2D eigenvalue weighted by Crippen LogP contribution is 2.39. The van der Waals surface area contributed by atoms with Crippen LogP contribution in [0.25, 0.3) is 0 Å². The van der Waals surface area contributed by atoms with Crippen molar-refractivity contribution >= 4 is 11.8 Å². The highest BCUT2D eigenvalue weighted by Gasteiger charge is 2.24. The van der Waals surface area contributed by atoms with Crippen LogP contribution in [0.15, 0.2) is 23.4 Å². The van der Waals surface area contributed by atoms with Crippen LogP contribution >= 0.6 is 11.8 Å². The highest BCUT2D eigenvalue weighted by atomic mass is 32.2. The van der Waals surface area contributed by atoms with E-state index in [-0.39, 0.29) is 11.3 Å². The Morgan fingerprint density at radius 1 is 1.35 bits per heavy atom. The summed E-state index contributed by atoms with van der Waals surface area (Å²) in [5.41, 5.74) is 0.473. The van der Waals surface area contributed by atoms with Gasteiger partial charge >= 0.3 is 0 Å². The van der Waals surface area contributed by atoms with Crippen molar-refractivity contribution in [3.8, 4) is 0 Å². The molecule has 2 heterocycles. The molecule has 0 spiro atoms. The molecule has 1 atom stereocenters. The quantitative estimate of drug-likeness (QED) is 0.779. The van der Waals surface area contributed by atoms with Gasteiger partial charge in [-0.05, 0) is 35.8 Å². The Balaban J connectivity index is 1.81. The molecule has 23 heavy (non-hydrogen) atoms. The summed E-state index contributed by atoms with van der Waals surface area (Å²) in [6.45, 7) is 3.35. The number of nitrogens with zero attached hydrogens (tertiary/aromatic N) is 4. The van der Waals surface area contributed by atoms with Gasteiger partial charge in [0.1, 0.15) is 11.6 Å². The Morgan fingerprint density at radius 2 is 2.13 bits per heavy atom. The van der Waals surface area contributed by atoms with Gasteiger partial charge in [0.15, 0.2) is 0 Å². The second-order valence-corrected chi connectivity index (χ2v) is 6.60.